The molecule has 0 aliphatic carbocycles. The van der Waals surface area contributed by atoms with Crippen LogP contribution in [0.25, 0.3) is 22.3 Å². The molecule has 4 aromatic heterocycles. The Labute approximate surface area is 312 Å². The highest BCUT2D eigenvalue weighted by Gasteiger charge is 2.47. The molecule has 4 aromatic rings. The van der Waals surface area contributed by atoms with Gasteiger partial charge >= 0.3 is 12.2 Å². The molecule has 3 aliphatic rings. The lowest BCUT2D eigenvalue weighted by atomic mass is 9.74. The fraction of sp³-hybridized carbons (Fsp3) is 0.583. The average Bonchev–Trinajstić information content (AvgIpc) is 3.77. The zero-order valence-electron chi connectivity index (χ0n) is 31.3. The van der Waals surface area contributed by atoms with Gasteiger partial charge in [-0.05, 0) is 85.8 Å². The second-order valence-corrected chi connectivity index (χ2v) is 16.5. The molecular weight excluding hydrogens is 704 g/mol. The molecule has 53 heavy (non-hydrogen) atoms. The summed E-state index contributed by atoms with van der Waals surface area (Å²) in [5.74, 6) is 0.271. The molecule has 2 fully saturated rings. The predicted molar refractivity (Wildman–Crippen MR) is 198 cm³/mol. The summed E-state index contributed by atoms with van der Waals surface area (Å²) < 4.78 is 22.5. The van der Waals surface area contributed by atoms with Gasteiger partial charge in [0.1, 0.15) is 22.3 Å². The normalized spacial score (nSPS) is 20.1. The molecule has 16 nitrogen and oxygen atoms in total. The molecule has 17 heteroatoms. The van der Waals surface area contributed by atoms with Gasteiger partial charge in [-0.25, -0.2) is 19.3 Å². The Morgan fingerprint density at radius 1 is 1.04 bits per heavy atom. The van der Waals surface area contributed by atoms with Crippen LogP contribution in [0.5, 0.6) is 0 Å². The summed E-state index contributed by atoms with van der Waals surface area (Å²) in [4.78, 5) is 53.8. The minimum absolute atomic E-state index is 0.111. The summed E-state index contributed by atoms with van der Waals surface area (Å²) in [5.41, 5.74) is 6.25. The van der Waals surface area contributed by atoms with Crippen LogP contribution in [0.15, 0.2) is 29.3 Å². The van der Waals surface area contributed by atoms with E-state index in [1.165, 1.54) is 10.8 Å². The fourth-order valence-corrected chi connectivity index (χ4v) is 7.74. The number of hydrogen-bond acceptors (Lipinski definition) is 12. The van der Waals surface area contributed by atoms with Crippen LogP contribution in [-0.4, -0.2) is 77.2 Å². The first-order chi connectivity index (χ1) is 25.0. The minimum atomic E-state index is -1.03. The third kappa shape index (κ3) is 6.76. The second kappa shape index (κ2) is 13.4. The zero-order chi connectivity index (χ0) is 38.0. The molecule has 3 aliphatic heterocycles. The highest BCUT2D eigenvalue weighted by Crippen LogP contribution is 2.48. The van der Waals surface area contributed by atoms with Crippen LogP contribution in [0.4, 0.5) is 21.4 Å². The number of rotatable bonds is 4. The molecule has 0 bridgehead atoms. The summed E-state index contributed by atoms with van der Waals surface area (Å²) in [7, 11) is 1.69. The lowest BCUT2D eigenvalue weighted by Crippen LogP contribution is -2.46. The van der Waals surface area contributed by atoms with E-state index in [9.17, 15) is 14.4 Å². The van der Waals surface area contributed by atoms with Gasteiger partial charge in [0.25, 0.3) is 5.56 Å². The van der Waals surface area contributed by atoms with Crippen molar-refractivity contribution in [3.05, 3.63) is 45.6 Å². The number of imide groups is 1. The van der Waals surface area contributed by atoms with E-state index in [-0.39, 0.29) is 44.5 Å². The molecular formula is C36H47ClN10O6. The largest absolute Gasteiger partial charge is 0.443 e. The number of pyridine rings is 1. The number of halogens is 1. The van der Waals surface area contributed by atoms with Crippen LogP contribution < -0.4 is 21.1 Å². The Morgan fingerprint density at radius 3 is 2.32 bits per heavy atom. The number of piperidine rings is 1. The summed E-state index contributed by atoms with van der Waals surface area (Å²) in [5, 5.41) is 9.50. The highest BCUT2D eigenvalue weighted by molar-refractivity contribution is 6.37. The van der Waals surface area contributed by atoms with Crippen LogP contribution in [0.3, 0.4) is 0 Å². The number of carbonyl (C=O) groups is 2. The quantitative estimate of drug-likeness (QED) is 0.269. The highest BCUT2D eigenvalue weighted by atomic mass is 35.5. The standard InChI is InChI=1S/C36H47ClN10O6/c1-34(2,3)52-32(49)46(33(50)53-35(4,5)6)29-25(37)21(11-15-39-29)26-24-28(47(42-26)23-10-8-9-19-51-23)41-31(43(7)30(24)48)44-17-13-36(14-18-44)20-45-22(27(36)38)12-16-40-45/h11-12,15-16,23,27H,8-10,13-14,17-20,38H2,1-7H3/t23?,27-/m1/s1. The van der Waals surface area contributed by atoms with Gasteiger partial charge in [-0.1, -0.05) is 11.6 Å². The summed E-state index contributed by atoms with van der Waals surface area (Å²) >= 11 is 7.05. The van der Waals surface area contributed by atoms with Crippen molar-refractivity contribution in [1.82, 2.24) is 34.1 Å². The Balaban J connectivity index is 1.31. The van der Waals surface area contributed by atoms with Crippen LogP contribution in [0.2, 0.25) is 5.02 Å². The first-order valence-corrected chi connectivity index (χ1v) is 18.4. The van der Waals surface area contributed by atoms with Crippen LogP contribution in [0.1, 0.15) is 91.6 Å². The number of aromatic nitrogens is 7. The number of fused-ring (bicyclic) bond motifs is 2. The molecule has 1 spiro atoms. The van der Waals surface area contributed by atoms with Gasteiger partial charge in [-0.15, -0.1) is 0 Å². The molecule has 7 heterocycles. The van der Waals surface area contributed by atoms with Crippen LogP contribution in [-0.2, 0) is 27.8 Å². The van der Waals surface area contributed by atoms with E-state index in [0.29, 0.717) is 42.6 Å². The van der Waals surface area contributed by atoms with E-state index in [4.69, 9.17) is 41.6 Å². The third-order valence-electron chi connectivity index (χ3n) is 10.1. The molecule has 284 valence electrons. The number of nitrogens with zero attached hydrogens (tertiary/aromatic N) is 9. The molecule has 0 saturated carbocycles. The van der Waals surface area contributed by atoms with Crippen LogP contribution >= 0.6 is 11.6 Å². The van der Waals surface area contributed by atoms with Gasteiger partial charge < -0.3 is 24.8 Å². The predicted octanol–water partition coefficient (Wildman–Crippen LogP) is 5.72. The van der Waals surface area contributed by atoms with Crippen molar-refractivity contribution in [3.8, 4) is 11.3 Å². The Morgan fingerprint density at radius 2 is 1.72 bits per heavy atom. The SMILES string of the molecule is Cn1c(N2CCC3(CC2)Cn2nccc2[C@H]3N)nc2c(c(-c3ccnc(N(C(=O)OC(C)(C)C)C(=O)OC(C)(C)C)c3Cl)nn2C2CCCCO2)c1=O. The number of hydrogen-bond donors (Lipinski definition) is 1. The van der Waals surface area contributed by atoms with E-state index in [2.05, 4.69) is 15.0 Å². The van der Waals surface area contributed by atoms with E-state index in [0.717, 1.165) is 37.9 Å². The molecule has 2 saturated heterocycles. The average molecular weight is 751 g/mol. The van der Waals surface area contributed by atoms with Crippen molar-refractivity contribution < 1.29 is 23.8 Å². The van der Waals surface area contributed by atoms with Gasteiger partial charge in [0.05, 0.1) is 16.8 Å². The number of amides is 2. The number of carbonyl (C=O) groups excluding carboxylic acids is 2. The Bertz CT molecular complexity index is 2090. The smallest absolute Gasteiger partial charge is 0.425 e. The van der Waals surface area contributed by atoms with E-state index < -0.39 is 29.6 Å². The molecule has 1 unspecified atom stereocenters. The summed E-state index contributed by atoms with van der Waals surface area (Å²) in [6, 6.07) is 3.45. The van der Waals surface area contributed by atoms with Crippen molar-refractivity contribution in [3.63, 3.8) is 0 Å². The van der Waals surface area contributed by atoms with Gasteiger partial charge in [-0.2, -0.15) is 20.1 Å². The van der Waals surface area contributed by atoms with Gasteiger partial charge in [-0.3, -0.25) is 14.0 Å². The maximum atomic E-state index is 14.5. The van der Waals surface area contributed by atoms with Crippen LogP contribution in [0, 0.1) is 5.41 Å². The van der Waals surface area contributed by atoms with Crippen molar-refractivity contribution in [2.45, 2.75) is 104 Å². The van der Waals surface area contributed by atoms with E-state index in [1.54, 1.807) is 65.5 Å². The molecule has 2 atom stereocenters. The number of anilines is 2. The number of nitrogens with two attached hydrogens (primary N) is 1. The number of ether oxygens (including phenoxy) is 3. The van der Waals surface area contributed by atoms with E-state index in [1.807, 2.05) is 10.7 Å². The molecule has 0 radical (unpaired) electrons. The van der Waals surface area contributed by atoms with Crippen molar-refractivity contribution in [2.75, 3.05) is 29.5 Å². The monoisotopic (exact) mass is 750 g/mol. The van der Waals surface area contributed by atoms with Gasteiger partial charge in [0.2, 0.25) is 5.95 Å². The third-order valence-corrected chi connectivity index (χ3v) is 10.4. The second-order valence-electron chi connectivity index (χ2n) is 16.1. The minimum Gasteiger partial charge on any atom is -0.443 e. The molecule has 7 rings (SSSR count). The Hall–Kier alpha value is -4.54. The zero-order valence-corrected chi connectivity index (χ0v) is 32.0. The maximum absolute atomic E-state index is 14.5. The van der Waals surface area contributed by atoms with Crippen molar-refractivity contribution in [2.24, 2.45) is 18.2 Å². The topological polar surface area (TPSA) is 178 Å². The Kier molecular flexibility index (Phi) is 9.30. The first kappa shape index (κ1) is 36.8. The van der Waals surface area contributed by atoms with Crippen molar-refractivity contribution >= 4 is 46.6 Å². The summed E-state index contributed by atoms with van der Waals surface area (Å²) in [6.45, 7) is 12.6. The first-order valence-electron chi connectivity index (χ1n) is 18.0. The van der Waals surface area contributed by atoms with Gasteiger partial charge in [0, 0.05) is 56.7 Å². The van der Waals surface area contributed by atoms with Crippen molar-refractivity contribution in [1.29, 1.82) is 0 Å². The fourth-order valence-electron chi connectivity index (χ4n) is 7.45. The van der Waals surface area contributed by atoms with Gasteiger partial charge in [0.15, 0.2) is 17.7 Å². The molecule has 0 aromatic carbocycles. The lowest BCUT2D eigenvalue weighted by Gasteiger charge is -2.42. The van der Waals surface area contributed by atoms with E-state index >= 15 is 0 Å². The summed E-state index contributed by atoms with van der Waals surface area (Å²) in [6.07, 6.45) is 4.74. The molecule has 2 amide bonds. The molecule has 2 N–H and O–H groups in total. The lowest BCUT2D eigenvalue weighted by molar-refractivity contribution is -0.0368. The maximum Gasteiger partial charge on any atom is 0.425 e.